The van der Waals surface area contributed by atoms with Crippen LogP contribution in [0.3, 0.4) is 0 Å². The van der Waals surface area contributed by atoms with Gasteiger partial charge in [0.2, 0.25) is 12.7 Å². The van der Waals surface area contributed by atoms with Crippen molar-refractivity contribution < 1.29 is 28.6 Å². The molecule has 0 atom stereocenters. The molecule has 0 saturated carbocycles. The molecule has 2 N–H and O–H groups in total. The van der Waals surface area contributed by atoms with Gasteiger partial charge >= 0.3 is 6.03 Å². The number of anilines is 1. The maximum Gasteiger partial charge on any atom is 0.329 e. The van der Waals surface area contributed by atoms with Crippen LogP contribution < -0.4 is 24.8 Å². The van der Waals surface area contributed by atoms with Crippen molar-refractivity contribution in [2.24, 2.45) is 0 Å². The average Bonchev–Trinajstić information content (AvgIpc) is 3.28. The van der Waals surface area contributed by atoms with Gasteiger partial charge in [0.05, 0.1) is 6.61 Å². The highest BCUT2D eigenvalue weighted by molar-refractivity contribution is 6.16. The fourth-order valence-electron chi connectivity index (χ4n) is 3.07. The lowest BCUT2D eigenvalue weighted by Gasteiger charge is -2.12. The Bertz CT molecular complexity index is 1030. The Kier molecular flexibility index (Phi) is 5.25. The molecule has 2 aromatic rings. The minimum atomic E-state index is -0.673. The van der Waals surface area contributed by atoms with Gasteiger partial charge in [-0.05, 0) is 31.2 Å². The zero-order valence-corrected chi connectivity index (χ0v) is 16.1. The van der Waals surface area contributed by atoms with Gasteiger partial charge in [0.15, 0.2) is 11.5 Å². The first-order valence-electron chi connectivity index (χ1n) is 9.31. The summed E-state index contributed by atoms with van der Waals surface area (Å²) in [5.74, 6) is 0.451. The molecule has 30 heavy (non-hydrogen) atoms. The molecule has 0 radical (unpaired) electrons. The van der Waals surface area contributed by atoms with Crippen LogP contribution in [-0.2, 0) is 9.59 Å². The fourth-order valence-corrected chi connectivity index (χ4v) is 3.07. The van der Waals surface area contributed by atoms with Crippen molar-refractivity contribution in [2.45, 2.75) is 6.92 Å². The number of urea groups is 1. The van der Waals surface area contributed by atoms with Gasteiger partial charge in [-0.3, -0.25) is 9.59 Å². The summed E-state index contributed by atoms with van der Waals surface area (Å²) < 4.78 is 16.3. The number of benzene rings is 2. The highest BCUT2D eigenvalue weighted by Gasteiger charge is 2.35. The van der Waals surface area contributed by atoms with Crippen molar-refractivity contribution in [3.8, 4) is 17.2 Å². The van der Waals surface area contributed by atoms with Gasteiger partial charge < -0.3 is 24.8 Å². The van der Waals surface area contributed by atoms with Gasteiger partial charge in [0.25, 0.3) is 5.91 Å². The van der Waals surface area contributed by atoms with E-state index < -0.39 is 24.4 Å². The Morgan fingerprint density at radius 3 is 2.67 bits per heavy atom. The summed E-state index contributed by atoms with van der Waals surface area (Å²) in [5, 5.41) is 5.15. The van der Waals surface area contributed by atoms with Gasteiger partial charge in [-0.15, -0.1) is 0 Å². The predicted molar refractivity (Wildman–Crippen MR) is 107 cm³/mol. The highest BCUT2D eigenvalue weighted by atomic mass is 16.7. The summed E-state index contributed by atoms with van der Waals surface area (Å²) in [4.78, 5) is 38.1. The Morgan fingerprint density at radius 2 is 1.93 bits per heavy atom. The largest absolute Gasteiger partial charge is 0.493 e. The first-order chi connectivity index (χ1) is 14.5. The first-order valence-corrected chi connectivity index (χ1v) is 9.31. The topological polar surface area (TPSA) is 106 Å². The molecule has 4 rings (SSSR count). The summed E-state index contributed by atoms with van der Waals surface area (Å²) in [7, 11) is 0. The van der Waals surface area contributed by atoms with Gasteiger partial charge in [-0.2, -0.15) is 0 Å². The molecule has 0 aliphatic carbocycles. The molecule has 9 nitrogen and oxygen atoms in total. The second kappa shape index (κ2) is 8.16. The number of imide groups is 1. The van der Waals surface area contributed by atoms with Gasteiger partial charge in [-0.25, -0.2) is 9.69 Å². The molecule has 0 bridgehead atoms. The smallest absolute Gasteiger partial charge is 0.329 e. The average molecular weight is 409 g/mol. The third-order valence-corrected chi connectivity index (χ3v) is 4.43. The van der Waals surface area contributed by atoms with Crippen molar-refractivity contribution >= 4 is 29.6 Å². The van der Waals surface area contributed by atoms with E-state index in [9.17, 15) is 14.4 Å². The molecular weight excluding hydrogens is 390 g/mol. The highest BCUT2D eigenvalue weighted by Crippen LogP contribution is 2.39. The van der Waals surface area contributed by atoms with Crippen LogP contribution in [-0.4, -0.2) is 42.7 Å². The number of rotatable bonds is 6. The van der Waals surface area contributed by atoms with Crippen molar-refractivity contribution in [3.05, 3.63) is 53.7 Å². The quantitative estimate of drug-likeness (QED) is 0.560. The van der Waals surface area contributed by atoms with Crippen LogP contribution in [0.1, 0.15) is 12.5 Å². The number of carbonyl (C=O) groups excluding carboxylic acids is 3. The van der Waals surface area contributed by atoms with E-state index in [1.807, 2.05) is 13.0 Å². The molecule has 1 saturated heterocycles. The lowest BCUT2D eigenvalue weighted by atomic mass is 10.1. The van der Waals surface area contributed by atoms with E-state index >= 15 is 0 Å². The SMILES string of the molecule is CCOc1cc2c(cc1C=C1NC(=O)N(CC(=O)Nc3ccccc3)C1=O)OCO2. The number of nitrogens with one attached hydrogen (secondary N) is 2. The predicted octanol–water partition coefficient (Wildman–Crippen LogP) is 2.35. The van der Waals surface area contributed by atoms with Crippen molar-refractivity contribution in [1.29, 1.82) is 0 Å². The van der Waals surface area contributed by atoms with E-state index in [1.54, 1.807) is 36.4 Å². The molecule has 0 spiro atoms. The second-order valence-corrected chi connectivity index (χ2v) is 6.47. The lowest BCUT2D eigenvalue weighted by Crippen LogP contribution is -2.38. The second-order valence-electron chi connectivity index (χ2n) is 6.47. The number of nitrogens with zero attached hydrogens (tertiary/aromatic N) is 1. The van der Waals surface area contributed by atoms with Crippen LogP contribution in [0, 0.1) is 0 Å². The van der Waals surface area contributed by atoms with Crippen LogP contribution in [0.25, 0.3) is 6.08 Å². The maximum atomic E-state index is 12.7. The monoisotopic (exact) mass is 409 g/mol. The Morgan fingerprint density at radius 1 is 1.20 bits per heavy atom. The molecule has 2 aliphatic rings. The fraction of sp³-hybridized carbons (Fsp3) is 0.190. The number of amides is 4. The number of hydrogen-bond donors (Lipinski definition) is 2. The third-order valence-electron chi connectivity index (χ3n) is 4.43. The minimum absolute atomic E-state index is 0.0346. The molecule has 2 aromatic carbocycles. The van der Waals surface area contributed by atoms with E-state index in [4.69, 9.17) is 14.2 Å². The first kappa shape index (κ1) is 19.3. The van der Waals surface area contributed by atoms with Crippen molar-refractivity contribution in [2.75, 3.05) is 25.3 Å². The van der Waals surface area contributed by atoms with Gasteiger partial charge in [0.1, 0.15) is 18.0 Å². The third kappa shape index (κ3) is 3.90. The molecule has 0 unspecified atom stereocenters. The van der Waals surface area contributed by atoms with E-state index in [2.05, 4.69) is 10.6 Å². The molecule has 154 valence electrons. The maximum absolute atomic E-state index is 12.7. The summed E-state index contributed by atoms with van der Waals surface area (Å²) in [6.07, 6.45) is 1.49. The van der Waals surface area contributed by atoms with Crippen LogP contribution >= 0.6 is 0 Å². The Hall–Kier alpha value is -4.01. The Labute approximate surface area is 172 Å². The minimum Gasteiger partial charge on any atom is -0.493 e. The van der Waals surface area contributed by atoms with Crippen LogP contribution in [0.2, 0.25) is 0 Å². The van der Waals surface area contributed by atoms with Gasteiger partial charge in [0, 0.05) is 17.3 Å². The number of para-hydroxylation sites is 1. The molecule has 2 heterocycles. The normalized spacial score (nSPS) is 16.0. The van der Waals surface area contributed by atoms with Crippen molar-refractivity contribution in [3.63, 3.8) is 0 Å². The summed E-state index contributed by atoms with van der Waals surface area (Å²) in [5.41, 5.74) is 1.15. The van der Waals surface area contributed by atoms with Crippen LogP contribution in [0.4, 0.5) is 10.5 Å². The van der Waals surface area contributed by atoms with Crippen LogP contribution in [0.5, 0.6) is 17.2 Å². The van der Waals surface area contributed by atoms with E-state index in [-0.39, 0.29) is 12.5 Å². The molecule has 2 aliphatic heterocycles. The van der Waals surface area contributed by atoms with E-state index in [1.165, 1.54) is 6.08 Å². The summed E-state index contributed by atoms with van der Waals surface area (Å²) in [6.45, 7) is 1.93. The number of fused-ring (bicyclic) bond motifs is 1. The van der Waals surface area contributed by atoms with E-state index in [0.29, 0.717) is 35.1 Å². The van der Waals surface area contributed by atoms with Crippen molar-refractivity contribution in [1.82, 2.24) is 10.2 Å². The number of ether oxygens (including phenoxy) is 3. The summed E-state index contributed by atoms with van der Waals surface area (Å²) >= 11 is 0. The zero-order chi connectivity index (χ0) is 21.1. The van der Waals surface area contributed by atoms with Crippen LogP contribution in [0.15, 0.2) is 48.2 Å². The molecular formula is C21H19N3O6. The number of hydrogen-bond acceptors (Lipinski definition) is 6. The lowest BCUT2D eigenvalue weighted by molar-refractivity contribution is -0.127. The molecule has 4 amide bonds. The molecule has 0 aromatic heterocycles. The number of carbonyl (C=O) groups is 3. The molecule has 1 fully saturated rings. The zero-order valence-electron chi connectivity index (χ0n) is 16.1. The summed E-state index contributed by atoms with van der Waals surface area (Å²) in [6, 6.07) is 11.4. The van der Waals surface area contributed by atoms with E-state index in [0.717, 1.165) is 4.90 Å². The standard InChI is InChI=1S/C21H19N3O6/c1-2-28-16-10-18-17(29-12-30-18)9-13(16)8-15-20(26)24(21(27)23-15)11-19(25)22-14-6-4-3-5-7-14/h3-10H,2,11-12H2,1H3,(H,22,25)(H,23,27). The Balaban J connectivity index is 1.52. The van der Waals surface area contributed by atoms with Gasteiger partial charge in [-0.1, -0.05) is 18.2 Å². The molecule has 9 heteroatoms.